The number of rotatable bonds is 7. The zero-order valence-corrected chi connectivity index (χ0v) is 14.6. The predicted octanol–water partition coefficient (Wildman–Crippen LogP) is 4.24. The molecule has 1 aromatic carbocycles. The van der Waals surface area contributed by atoms with Crippen molar-refractivity contribution in [3.05, 3.63) is 33.2 Å². The SMILES string of the molecule is C=C(Br)COc1c(Br)cc(CNC(C)C)cc1OC. The summed E-state index contributed by atoms with van der Waals surface area (Å²) in [6, 6.07) is 4.45. The number of nitrogens with one attached hydrogen (secondary N) is 1. The molecule has 0 heterocycles. The van der Waals surface area contributed by atoms with Crippen molar-refractivity contribution >= 4 is 31.9 Å². The lowest BCUT2D eigenvalue weighted by Crippen LogP contribution is -2.21. The number of hydrogen-bond acceptors (Lipinski definition) is 3. The quantitative estimate of drug-likeness (QED) is 0.752. The van der Waals surface area contributed by atoms with Crippen LogP contribution in [0, 0.1) is 0 Å². The van der Waals surface area contributed by atoms with Crippen molar-refractivity contribution in [2.24, 2.45) is 0 Å². The molecule has 0 aromatic heterocycles. The maximum atomic E-state index is 5.66. The molecule has 0 amide bonds. The van der Waals surface area contributed by atoms with Gasteiger partial charge in [0.15, 0.2) is 11.5 Å². The number of methoxy groups -OCH3 is 1. The van der Waals surface area contributed by atoms with Crippen LogP contribution in [0.25, 0.3) is 0 Å². The Morgan fingerprint density at radius 3 is 2.63 bits per heavy atom. The van der Waals surface area contributed by atoms with Crippen molar-refractivity contribution in [3.8, 4) is 11.5 Å². The van der Waals surface area contributed by atoms with Crippen LogP contribution in [0.1, 0.15) is 19.4 Å². The minimum atomic E-state index is 0.401. The lowest BCUT2D eigenvalue weighted by atomic mass is 10.2. The number of ether oxygens (including phenoxy) is 2. The minimum absolute atomic E-state index is 0.401. The Morgan fingerprint density at radius 2 is 2.11 bits per heavy atom. The maximum absolute atomic E-state index is 5.66. The molecule has 0 spiro atoms. The summed E-state index contributed by atoms with van der Waals surface area (Å²) in [5, 5.41) is 3.37. The van der Waals surface area contributed by atoms with Crippen LogP contribution in [0.4, 0.5) is 0 Å². The van der Waals surface area contributed by atoms with E-state index in [1.54, 1.807) is 7.11 Å². The second-order valence-corrected chi connectivity index (χ2v) is 6.43. The fourth-order valence-electron chi connectivity index (χ4n) is 1.49. The van der Waals surface area contributed by atoms with Crippen molar-refractivity contribution in [1.29, 1.82) is 0 Å². The lowest BCUT2D eigenvalue weighted by molar-refractivity contribution is 0.322. The van der Waals surface area contributed by atoms with Gasteiger partial charge in [0.05, 0.1) is 11.6 Å². The van der Waals surface area contributed by atoms with Gasteiger partial charge in [0, 0.05) is 17.1 Å². The molecule has 0 saturated carbocycles. The van der Waals surface area contributed by atoms with Crippen LogP contribution in [0.15, 0.2) is 27.7 Å². The summed E-state index contributed by atoms with van der Waals surface area (Å²) in [4.78, 5) is 0. The molecule has 0 fully saturated rings. The third-order valence-corrected chi connectivity index (χ3v) is 3.19. The second-order valence-electron chi connectivity index (χ2n) is 4.45. The van der Waals surface area contributed by atoms with Crippen LogP contribution in [0.2, 0.25) is 0 Å². The largest absolute Gasteiger partial charge is 0.493 e. The molecule has 0 aliphatic carbocycles. The average Bonchev–Trinajstić information content (AvgIpc) is 2.34. The minimum Gasteiger partial charge on any atom is -0.493 e. The first-order valence-corrected chi connectivity index (χ1v) is 7.58. The lowest BCUT2D eigenvalue weighted by Gasteiger charge is -2.15. The summed E-state index contributed by atoms with van der Waals surface area (Å²) < 4.78 is 12.7. The molecule has 0 aliphatic rings. The Hall–Kier alpha value is -0.520. The molecular weight excluding hydrogens is 374 g/mol. The average molecular weight is 393 g/mol. The highest BCUT2D eigenvalue weighted by Gasteiger charge is 2.12. The Balaban J connectivity index is 2.90. The van der Waals surface area contributed by atoms with E-state index in [9.17, 15) is 0 Å². The van der Waals surface area contributed by atoms with E-state index in [0.717, 1.165) is 21.1 Å². The van der Waals surface area contributed by atoms with Gasteiger partial charge in [-0.05, 0) is 33.6 Å². The molecular formula is C14H19Br2NO2. The molecule has 0 aliphatic heterocycles. The first-order chi connectivity index (χ1) is 8.93. The van der Waals surface area contributed by atoms with E-state index in [1.807, 2.05) is 12.1 Å². The molecule has 3 nitrogen and oxygen atoms in total. The molecule has 1 N–H and O–H groups in total. The summed E-state index contributed by atoms with van der Waals surface area (Å²) in [5.74, 6) is 1.40. The number of hydrogen-bond donors (Lipinski definition) is 1. The van der Waals surface area contributed by atoms with E-state index in [-0.39, 0.29) is 0 Å². The zero-order valence-electron chi connectivity index (χ0n) is 11.4. The molecule has 106 valence electrons. The summed E-state index contributed by atoms with van der Waals surface area (Å²) in [6.45, 7) is 9.17. The van der Waals surface area contributed by atoms with Crippen molar-refractivity contribution in [1.82, 2.24) is 5.32 Å². The summed E-state index contributed by atoms with van der Waals surface area (Å²) >= 11 is 6.79. The van der Waals surface area contributed by atoms with E-state index >= 15 is 0 Å². The molecule has 0 radical (unpaired) electrons. The Labute approximate surface area is 131 Å². The predicted molar refractivity (Wildman–Crippen MR) is 86.2 cm³/mol. The van der Waals surface area contributed by atoms with Crippen LogP contribution in [-0.4, -0.2) is 19.8 Å². The summed E-state index contributed by atoms with van der Waals surface area (Å²) in [7, 11) is 1.64. The Kier molecular flexibility index (Phi) is 6.89. The second kappa shape index (κ2) is 7.92. The highest BCUT2D eigenvalue weighted by Crippen LogP contribution is 2.37. The van der Waals surface area contributed by atoms with Gasteiger partial charge in [-0.3, -0.25) is 0 Å². The van der Waals surface area contributed by atoms with Crippen LogP contribution in [0.5, 0.6) is 11.5 Å². The molecule has 1 aromatic rings. The van der Waals surface area contributed by atoms with E-state index in [4.69, 9.17) is 9.47 Å². The maximum Gasteiger partial charge on any atom is 0.175 e. The first kappa shape index (κ1) is 16.5. The molecule has 1 rings (SSSR count). The molecule has 0 bridgehead atoms. The number of halogens is 2. The zero-order chi connectivity index (χ0) is 14.4. The topological polar surface area (TPSA) is 30.5 Å². The molecule has 0 unspecified atom stereocenters. The van der Waals surface area contributed by atoms with Crippen molar-refractivity contribution < 1.29 is 9.47 Å². The Morgan fingerprint density at radius 1 is 1.42 bits per heavy atom. The molecule has 5 heteroatoms. The summed E-state index contributed by atoms with van der Waals surface area (Å²) in [5.41, 5.74) is 1.14. The standard InChI is InChI=1S/C14H19Br2NO2/c1-9(2)17-7-11-5-12(16)14(13(6-11)18-4)19-8-10(3)15/h5-6,9,17H,3,7-8H2,1-2,4H3. The van der Waals surface area contributed by atoms with Crippen LogP contribution < -0.4 is 14.8 Å². The van der Waals surface area contributed by atoms with E-state index in [2.05, 4.69) is 57.6 Å². The monoisotopic (exact) mass is 391 g/mol. The highest BCUT2D eigenvalue weighted by atomic mass is 79.9. The van der Waals surface area contributed by atoms with Gasteiger partial charge in [0.2, 0.25) is 0 Å². The van der Waals surface area contributed by atoms with Crippen LogP contribution in [-0.2, 0) is 6.54 Å². The van der Waals surface area contributed by atoms with E-state index in [1.165, 1.54) is 0 Å². The van der Waals surface area contributed by atoms with Gasteiger partial charge in [-0.25, -0.2) is 0 Å². The third kappa shape index (κ3) is 5.55. The Bertz CT molecular complexity index is 447. The molecule has 0 atom stereocenters. The van der Waals surface area contributed by atoms with E-state index in [0.29, 0.717) is 24.1 Å². The first-order valence-electron chi connectivity index (χ1n) is 6.00. The van der Waals surface area contributed by atoms with Gasteiger partial charge in [-0.1, -0.05) is 36.4 Å². The van der Waals surface area contributed by atoms with Crippen molar-refractivity contribution in [2.45, 2.75) is 26.4 Å². The van der Waals surface area contributed by atoms with Gasteiger partial charge in [-0.2, -0.15) is 0 Å². The fraction of sp³-hybridized carbons (Fsp3) is 0.429. The normalized spacial score (nSPS) is 10.6. The van der Waals surface area contributed by atoms with Crippen molar-refractivity contribution in [3.63, 3.8) is 0 Å². The molecule has 0 saturated heterocycles. The smallest absolute Gasteiger partial charge is 0.175 e. The summed E-state index contributed by atoms with van der Waals surface area (Å²) in [6.07, 6.45) is 0. The van der Waals surface area contributed by atoms with Gasteiger partial charge >= 0.3 is 0 Å². The van der Waals surface area contributed by atoms with Gasteiger partial charge in [0.1, 0.15) is 6.61 Å². The van der Waals surface area contributed by atoms with Gasteiger partial charge in [0.25, 0.3) is 0 Å². The van der Waals surface area contributed by atoms with Gasteiger partial charge in [-0.15, -0.1) is 0 Å². The highest BCUT2D eigenvalue weighted by molar-refractivity contribution is 9.11. The molecule has 19 heavy (non-hydrogen) atoms. The third-order valence-electron chi connectivity index (χ3n) is 2.38. The van der Waals surface area contributed by atoms with Crippen LogP contribution in [0.3, 0.4) is 0 Å². The number of benzene rings is 1. The van der Waals surface area contributed by atoms with Gasteiger partial charge < -0.3 is 14.8 Å². The fourth-order valence-corrected chi connectivity index (χ4v) is 2.21. The van der Waals surface area contributed by atoms with Crippen molar-refractivity contribution in [2.75, 3.05) is 13.7 Å². The van der Waals surface area contributed by atoms with Crippen LogP contribution >= 0.6 is 31.9 Å². The van der Waals surface area contributed by atoms with E-state index < -0.39 is 0 Å².